The molecule has 2 fully saturated rings. The van der Waals surface area contributed by atoms with Gasteiger partial charge in [-0.15, -0.1) is 11.3 Å². The van der Waals surface area contributed by atoms with Crippen LogP contribution in [0, 0.1) is 0 Å². The molecule has 2 aliphatic heterocycles. The Balaban J connectivity index is 1.20. The van der Waals surface area contributed by atoms with E-state index in [0.29, 0.717) is 29.9 Å². The minimum Gasteiger partial charge on any atom is -0.394 e. The lowest BCUT2D eigenvalue weighted by Gasteiger charge is -2.32. The molecular formula is C22H26N6O2S2. The number of hydrogen-bond donors (Lipinski definition) is 3. The first-order valence-corrected chi connectivity index (χ1v) is 13.4. The fraction of sp³-hybridized carbons (Fsp3) is 0.500. The van der Waals surface area contributed by atoms with Crippen molar-refractivity contribution in [3.05, 3.63) is 35.0 Å². The number of aromatic amines is 1. The highest BCUT2D eigenvalue weighted by molar-refractivity contribution is 7.85. The van der Waals surface area contributed by atoms with Gasteiger partial charge in [-0.25, -0.2) is 4.98 Å². The molecule has 5 heterocycles. The molecule has 3 aliphatic rings. The van der Waals surface area contributed by atoms with Gasteiger partial charge in [0.05, 0.1) is 33.5 Å². The molecule has 3 aromatic heterocycles. The predicted octanol–water partition coefficient (Wildman–Crippen LogP) is 2.91. The first kappa shape index (κ1) is 20.3. The lowest BCUT2D eigenvalue weighted by Crippen LogP contribution is -2.35. The quantitative estimate of drug-likeness (QED) is 0.508. The minimum absolute atomic E-state index is 0.0663. The van der Waals surface area contributed by atoms with Crippen LogP contribution in [-0.4, -0.2) is 60.5 Å². The maximum absolute atomic E-state index is 12.6. The summed E-state index contributed by atoms with van der Waals surface area (Å²) in [6.45, 7) is 1.80. The van der Waals surface area contributed by atoms with E-state index < -0.39 is 10.8 Å². The fourth-order valence-corrected chi connectivity index (χ4v) is 6.61. The SMILES string of the molecule is O=S1CCc2nc(N3CCC(c4cc(-c5cccs5)n[nH]4)CC3)nc(NC3(CO)CC3)c21. The molecule has 6 rings (SSSR count). The van der Waals surface area contributed by atoms with Crippen LogP contribution in [0.25, 0.3) is 10.6 Å². The number of nitrogens with zero attached hydrogens (tertiary/aromatic N) is 4. The summed E-state index contributed by atoms with van der Waals surface area (Å²) in [6.07, 6.45) is 4.54. The van der Waals surface area contributed by atoms with E-state index in [1.165, 1.54) is 10.6 Å². The zero-order valence-electron chi connectivity index (χ0n) is 17.7. The Hall–Kier alpha value is -2.30. The molecule has 1 saturated carbocycles. The van der Waals surface area contributed by atoms with E-state index in [9.17, 15) is 9.32 Å². The number of thiophene rings is 1. The number of hydrogen-bond acceptors (Lipinski definition) is 8. The molecular weight excluding hydrogens is 444 g/mol. The molecule has 10 heteroatoms. The Bertz CT molecular complexity index is 1150. The zero-order chi connectivity index (χ0) is 21.7. The number of aliphatic hydroxyl groups is 1. The summed E-state index contributed by atoms with van der Waals surface area (Å²) in [5, 5.41) is 23.0. The van der Waals surface area contributed by atoms with Gasteiger partial charge in [0.2, 0.25) is 5.95 Å². The largest absolute Gasteiger partial charge is 0.394 e. The summed E-state index contributed by atoms with van der Waals surface area (Å²) in [5.41, 5.74) is 2.79. The maximum Gasteiger partial charge on any atom is 0.227 e. The van der Waals surface area contributed by atoms with E-state index in [2.05, 4.69) is 37.9 Å². The molecule has 1 unspecified atom stereocenters. The van der Waals surface area contributed by atoms with E-state index in [-0.39, 0.29) is 12.1 Å². The summed E-state index contributed by atoms with van der Waals surface area (Å²) in [6, 6.07) is 6.33. The molecule has 0 bridgehead atoms. The van der Waals surface area contributed by atoms with Gasteiger partial charge in [0.1, 0.15) is 16.4 Å². The molecule has 1 aliphatic carbocycles. The highest BCUT2D eigenvalue weighted by Gasteiger charge is 2.44. The number of aromatic nitrogens is 4. The summed E-state index contributed by atoms with van der Waals surface area (Å²) in [5.74, 6) is 2.41. The van der Waals surface area contributed by atoms with Crippen molar-refractivity contribution < 1.29 is 9.32 Å². The normalized spacial score (nSPS) is 22.2. The highest BCUT2D eigenvalue weighted by atomic mass is 32.2. The second-order valence-corrected chi connectivity index (χ2v) is 11.4. The number of aryl methyl sites for hydroxylation is 1. The van der Waals surface area contributed by atoms with Crippen molar-refractivity contribution in [2.45, 2.75) is 48.5 Å². The van der Waals surface area contributed by atoms with Crippen LogP contribution in [0.5, 0.6) is 0 Å². The standard InChI is InChI=1S/C22H26N6O2S2/c29-13-22(6-7-22)25-20-19-15(5-11-32(19)30)23-21(24-20)28-8-3-14(4-9-28)16-12-17(27-26-16)18-2-1-10-31-18/h1-2,10,12,14,29H,3-9,11,13H2,(H,26,27)(H,23,24,25). The summed E-state index contributed by atoms with van der Waals surface area (Å²) in [4.78, 5) is 13.8. The number of rotatable bonds is 6. The number of piperidine rings is 1. The highest BCUT2D eigenvalue weighted by Crippen LogP contribution is 2.41. The monoisotopic (exact) mass is 470 g/mol. The summed E-state index contributed by atoms with van der Waals surface area (Å²) in [7, 11) is -1.07. The van der Waals surface area contributed by atoms with Gasteiger partial charge in [0.25, 0.3) is 0 Å². The molecule has 168 valence electrons. The van der Waals surface area contributed by atoms with Crippen LogP contribution in [-0.2, 0) is 17.2 Å². The third-order valence-corrected chi connectivity index (χ3v) is 9.16. The van der Waals surface area contributed by atoms with Gasteiger partial charge in [0.15, 0.2) is 0 Å². The van der Waals surface area contributed by atoms with Crippen LogP contribution in [0.3, 0.4) is 0 Å². The van der Waals surface area contributed by atoms with E-state index in [0.717, 1.165) is 55.1 Å². The Morgan fingerprint density at radius 1 is 1.31 bits per heavy atom. The number of aliphatic hydroxyl groups excluding tert-OH is 1. The summed E-state index contributed by atoms with van der Waals surface area (Å²) < 4.78 is 12.6. The average Bonchev–Trinajstić information content (AvgIpc) is 3.23. The molecule has 1 atom stereocenters. The third kappa shape index (κ3) is 3.64. The van der Waals surface area contributed by atoms with Gasteiger partial charge in [-0.1, -0.05) is 6.07 Å². The van der Waals surface area contributed by atoms with Crippen molar-refractivity contribution in [1.82, 2.24) is 20.2 Å². The number of nitrogens with one attached hydrogen (secondary N) is 2. The van der Waals surface area contributed by atoms with E-state index in [1.807, 2.05) is 6.07 Å². The lowest BCUT2D eigenvalue weighted by atomic mass is 9.93. The van der Waals surface area contributed by atoms with Crippen LogP contribution in [0.1, 0.15) is 43.0 Å². The van der Waals surface area contributed by atoms with E-state index >= 15 is 0 Å². The number of anilines is 2. The second-order valence-electron chi connectivity index (χ2n) is 8.96. The Morgan fingerprint density at radius 2 is 2.16 bits per heavy atom. The first-order valence-electron chi connectivity index (χ1n) is 11.2. The van der Waals surface area contributed by atoms with Crippen molar-refractivity contribution in [2.75, 3.05) is 35.7 Å². The number of fused-ring (bicyclic) bond motifs is 1. The minimum atomic E-state index is -1.07. The molecule has 32 heavy (non-hydrogen) atoms. The zero-order valence-corrected chi connectivity index (χ0v) is 19.3. The summed E-state index contributed by atoms with van der Waals surface area (Å²) >= 11 is 1.70. The van der Waals surface area contributed by atoms with Crippen molar-refractivity contribution in [2.24, 2.45) is 0 Å². The predicted molar refractivity (Wildman–Crippen MR) is 126 cm³/mol. The molecule has 1 saturated heterocycles. The van der Waals surface area contributed by atoms with Gasteiger partial charge < -0.3 is 15.3 Å². The first-order chi connectivity index (χ1) is 15.6. The lowest BCUT2D eigenvalue weighted by molar-refractivity contribution is 0.265. The Kier molecular flexibility index (Phi) is 5.03. The van der Waals surface area contributed by atoms with Crippen molar-refractivity contribution in [3.63, 3.8) is 0 Å². The van der Waals surface area contributed by atoms with Crippen LogP contribution in [0.15, 0.2) is 28.5 Å². The second kappa shape index (κ2) is 7.93. The molecule has 0 spiro atoms. The van der Waals surface area contributed by atoms with Crippen LogP contribution >= 0.6 is 11.3 Å². The molecule has 8 nitrogen and oxygen atoms in total. The maximum atomic E-state index is 12.6. The van der Waals surface area contributed by atoms with Gasteiger partial charge in [-0.3, -0.25) is 9.31 Å². The van der Waals surface area contributed by atoms with E-state index in [4.69, 9.17) is 9.97 Å². The molecule has 0 aromatic carbocycles. The van der Waals surface area contributed by atoms with Crippen LogP contribution in [0.4, 0.5) is 11.8 Å². The molecule has 3 aromatic rings. The van der Waals surface area contributed by atoms with Crippen molar-refractivity contribution in [3.8, 4) is 10.6 Å². The van der Waals surface area contributed by atoms with E-state index in [1.54, 1.807) is 11.3 Å². The smallest absolute Gasteiger partial charge is 0.227 e. The van der Waals surface area contributed by atoms with Crippen molar-refractivity contribution >= 4 is 33.9 Å². The van der Waals surface area contributed by atoms with Gasteiger partial charge in [-0.05, 0) is 43.2 Å². The van der Waals surface area contributed by atoms with Gasteiger partial charge in [-0.2, -0.15) is 10.1 Å². The topological polar surface area (TPSA) is 107 Å². The Labute approximate surface area is 192 Å². The third-order valence-electron chi connectivity index (χ3n) is 6.80. The van der Waals surface area contributed by atoms with Crippen LogP contribution < -0.4 is 10.2 Å². The molecule has 0 amide bonds. The van der Waals surface area contributed by atoms with Crippen LogP contribution in [0.2, 0.25) is 0 Å². The fourth-order valence-electron chi connectivity index (χ4n) is 4.62. The average molecular weight is 471 g/mol. The van der Waals surface area contributed by atoms with Crippen molar-refractivity contribution in [1.29, 1.82) is 0 Å². The Morgan fingerprint density at radius 3 is 2.88 bits per heavy atom. The molecule has 3 N–H and O–H groups in total. The van der Waals surface area contributed by atoms with Gasteiger partial charge in [0, 0.05) is 36.9 Å². The number of H-pyrrole nitrogens is 1. The van der Waals surface area contributed by atoms with Gasteiger partial charge >= 0.3 is 0 Å². The molecule has 0 radical (unpaired) electrons.